The Labute approximate surface area is 443 Å². The molecule has 1 heterocycles. The SMILES string of the molecule is CCCCCCCCCCCCCCCCCCCCCCCCCCCCCCCCCCCCCCCCCCC/C=C/CCCCCCCCCCCC1CC(=O)OCC(CO)(CO)COC1=O. The fourth-order valence-corrected chi connectivity index (χ4v) is 10.8. The Hall–Kier alpha value is -1.40. The number of cyclic esters (lactones) is 2. The van der Waals surface area contributed by atoms with Gasteiger partial charge in [0.25, 0.3) is 0 Å². The van der Waals surface area contributed by atoms with Crippen LogP contribution in [-0.4, -0.2) is 48.6 Å². The molecule has 1 rings (SSSR count). The van der Waals surface area contributed by atoms with Crippen LogP contribution in [0.15, 0.2) is 12.2 Å². The van der Waals surface area contributed by atoms with Crippen molar-refractivity contribution in [2.24, 2.45) is 11.3 Å². The average Bonchev–Trinajstić information content (AvgIpc) is 3.44. The number of hydrogen-bond acceptors (Lipinski definition) is 6. The number of rotatable bonds is 56. The molecule has 0 amide bonds. The van der Waals surface area contributed by atoms with Gasteiger partial charge in [0.05, 0.1) is 31.0 Å². The standard InChI is InChI=1S/C65H124O6/c1-2-3-4-5-6-7-8-9-10-11-12-13-14-15-16-17-18-19-20-21-22-23-24-25-26-27-28-29-30-31-32-33-34-35-36-37-38-39-40-41-42-43-44-45-46-47-48-49-50-51-52-53-54-55-56-62-57-63(68)70-60-65(58-66,59-67)61-71-64(62)69/h44-45,62,66-67H,2-43,46-61H2,1H3/b45-44+. The fourth-order valence-electron chi connectivity index (χ4n) is 10.8. The Balaban J connectivity index is 1.68. The van der Waals surface area contributed by atoms with Gasteiger partial charge in [-0.2, -0.15) is 0 Å². The minimum atomic E-state index is -1.13. The number of hydrogen-bond donors (Lipinski definition) is 2. The average molecular weight is 1000 g/mol. The normalized spacial score (nSPS) is 15.3. The molecule has 6 heteroatoms. The van der Waals surface area contributed by atoms with Gasteiger partial charge in [-0.1, -0.05) is 327 Å². The molecule has 0 bridgehead atoms. The topological polar surface area (TPSA) is 93.1 Å². The van der Waals surface area contributed by atoms with Crippen LogP contribution >= 0.6 is 0 Å². The maximum atomic E-state index is 12.5. The molecular weight excluding hydrogens is 877 g/mol. The van der Waals surface area contributed by atoms with Gasteiger partial charge in [-0.15, -0.1) is 0 Å². The smallest absolute Gasteiger partial charge is 0.309 e. The summed E-state index contributed by atoms with van der Waals surface area (Å²) >= 11 is 0. The number of ether oxygens (including phenoxy) is 2. The molecule has 1 aliphatic heterocycles. The molecule has 0 aromatic heterocycles. The first-order valence-corrected chi connectivity index (χ1v) is 32.3. The summed E-state index contributed by atoms with van der Waals surface area (Å²) in [5.41, 5.74) is -1.13. The van der Waals surface area contributed by atoms with Crippen LogP contribution in [0.4, 0.5) is 0 Å². The third-order valence-electron chi connectivity index (χ3n) is 16.0. The molecule has 420 valence electrons. The third kappa shape index (κ3) is 46.8. The van der Waals surface area contributed by atoms with Crippen LogP contribution in [-0.2, 0) is 19.1 Å². The molecule has 0 spiro atoms. The minimum Gasteiger partial charge on any atom is -0.465 e. The molecule has 0 radical (unpaired) electrons. The van der Waals surface area contributed by atoms with Crippen LogP contribution in [0.5, 0.6) is 0 Å². The lowest BCUT2D eigenvalue weighted by atomic mass is 9.92. The van der Waals surface area contributed by atoms with E-state index in [0.717, 1.165) is 19.3 Å². The van der Waals surface area contributed by atoms with Crippen molar-refractivity contribution < 1.29 is 29.3 Å². The zero-order valence-corrected chi connectivity index (χ0v) is 47.8. The second-order valence-electron chi connectivity index (χ2n) is 23.1. The Morgan fingerprint density at radius 2 is 0.606 bits per heavy atom. The van der Waals surface area contributed by atoms with Crippen LogP contribution in [0, 0.1) is 11.3 Å². The van der Waals surface area contributed by atoms with Crippen LogP contribution in [0.2, 0.25) is 0 Å². The van der Waals surface area contributed by atoms with Crippen molar-refractivity contribution in [3.05, 3.63) is 12.2 Å². The Kier molecular flexibility index (Phi) is 52.2. The molecule has 2 N–H and O–H groups in total. The summed E-state index contributed by atoms with van der Waals surface area (Å²) in [5, 5.41) is 19.2. The number of allylic oxidation sites excluding steroid dienone is 2. The lowest BCUT2D eigenvalue weighted by Crippen LogP contribution is -2.40. The highest BCUT2D eigenvalue weighted by Gasteiger charge is 2.36. The van der Waals surface area contributed by atoms with Crippen molar-refractivity contribution in [3.8, 4) is 0 Å². The highest BCUT2D eigenvalue weighted by atomic mass is 16.6. The van der Waals surface area contributed by atoms with Crippen LogP contribution in [0.3, 0.4) is 0 Å². The van der Waals surface area contributed by atoms with E-state index in [4.69, 9.17) is 9.47 Å². The molecule has 1 fully saturated rings. The summed E-state index contributed by atoms with van der Waals surface area (Å²) in [6.07, 6.45) is 78.7. The first-order chi connectivity index (χ1) is 35.1. The maximum Gasteiger partial charge on any atom is 0.309 e. The lowest BCUT2D eigenvalue weighted by Gasteiger charge is -2.27. The summed E-state index contributed by atoms with van der Waals surface area (Å²) in [5.74, 6) is -1.41. The number of esters is 2. The molecule has 0 saturated carbocycles. The summed E-state index contributed by atoms with van der Waals surface area (Å²) < 4.78 is 10.6. The van der Waals surface area contributed by atoms with Crippen molar-refractivity contribution >= 4 is 11.9 Å². The van der Waals surface area contributed by atoms with E-state index in [-0.39, 0.29) is 19.6 Å². The van der Waals surface area contributed by atoms with Gasteiger partial charge >= 0.3 is 11.9 Å². The number of aliphatic hydroxyl groups excluding tert-OH is 2. The summed E-state index contributed by atoms with van der Waals surface area (Å²) in [7, 11) is 0. The monoisotopic (exact) mass is 1000 g/mol. The van der Waals surface area contributed by atoms with E-state index in [1.807, 2.05) is 0 Å². The molecule has 1 aliphatic rings. The fraction of sp³-hybridized carbons (Fsp3) is 0.938. The van der Waals surface area contributed by atoms with E-state index in [1.54, 1.807) is 0 Å². The van der Waals surface area contributed by atoms with Gasteiger partial charge in [0.15, 0.2) is 0 Å². The molecule has 1 atom stereocenters. The van der Waals surface area contributed by atoms with Crippen molar-refractivity contribution in [2.75, 3.05) is 26.4 Å². The molecule has 0 aliphatic carbocycles. The van der Waals surface area contributed by atoms with Crippen LogP contribution in [0.25, 0.3) is 0 Å². The quantitative estimate of drug-likeness (QED) is 0.0358. The first-order valence-electron chi connectivity index (χ1n) is 32.3. The van der Waals surface area contributed by atoms with E-state index in [2.05, 4.69) is 19.1 Å². The minimum absolute atomic E-state index is 0.000803. The van der Waals surface area contributed by atoms with Crippen molar-refractivity contribution in [1.82, 2.24) is 0 Å². The highest BCUT2D eigenvalue weighted by molar-refractivity contribution is 5.80. The molecule has 0 aromatic rings. The van der Waals surface area contributed by atoms with E-state index in [9.17, 15) is 19.8 Å². The Bertz CT molecular complexity index is 1120. The highest BCUT2D eigenvalue weighted by Crippen LogP contribution is 2.25. The Morgan fingerprint density at radius 1 is 0.366 bits per heavy atom. The predicted molar refractivity (Wildman–Crippen MR) is 306 cm³/mol. The molecular formula is C65H124O6. The molecule has 1 unspecified atom stereocenters. The predicted octanol–water partition coefficient (Wildman–Crippen LogP) is 20.3. The second-order valence-corrected chi connectivity index (χ2v) is 23.1. The number of aliphatic hydroxyl groups is 2. The number of carbonyl (C=O) groups excluding carboxylic acids is 2. The van der Waals surface area contributed by atoms with Gasteiger partial charge in [-0.3, -0.25) is 9.59 Å². The van der Waals surface area contributed by atoms with E-state index >= 15 is 0 Å². The second kappa shape index (κ2) is 54.8. The largest absolute Gasteiger partial charge is 0.465 e. The third-order valence-corrected chi connectivity index (χ3v) is 16.0. The van der Waals surface area contributed by atoms with E-state index < -0.39 is 36.5 Å². The molecule has 6 nitrogen and oxygen atoms in total. The van der Waals surface area contributed by atoms with Gasteiger partial charge in [-0.05, 0) is 32.1 Å². The Morgan fingerprint density at radius 3 is 0.873 bits per heavy atom. The summed E-state index contributed by atoms with van der Waals surface area (Å²) in [6.45, 7) is 1.20. The van der Waals surface area contributed by atoms with Gasteiger partial charge in [0.2, 0.25) is 0 Å². The molecule has 0 aromatic carbocycles. The van der Waals surface area contributed by atoms with E-state index in [1.165, 1.54) is 315 Å². The number of carbonyl (C=O) groups is 2. The van der Waals surface area contributed by atoms with Crippen molar-refractivity contribution in [2.45, 2.75) is 354 Å². The van der Waals surface area contributed by atoms with Gasteiger partial charge in [0, 0.05) is 0 Å². The zero-order chi connectivity index (χ0) is 51.1. The lowest BCUT2D eigenvalue weighted by molar-refractivity contribution is -0.155. The van der Waals surface area contributed by atoms with Gasteiger partial charge in [-0.25, -0.2) is 0 Å². The van der Waals surface area contributed by atoms with Crippen molar-refractivity contribution in [1.29, 1.82) is 0 Å². The maximum absolute atomic E-state index is 12.5. The van der Waals surface area contributed by atoms with E-state index in [0.29, 0.717) is 6.42 Å². The van der Waals surface area contributed by atoms with Crippen LogP contribution < -0.4 is 0 Å². The van der Waals surface area contributed by atoms with Crippen molar-refractivity contribution in [3.63, 3.8) is 0 Å². The number of unbranched alkanes of at least 4 members (excludes halogenated alkanes) is 50. The van der Waals surface area contributed by atoms with Gasteiger partial charge < -0.3 is 19.7 Å². The molecule has 1 saturated heterocycles. The first kappa shape index (κ1) is 67.6. The van der Waals surface area contributed by atoms with Gasteiger partial charge in [0.1, 0.15) is 13.2 Å². The zero-order valence-electron chi connectivity index (χ0n) is 47.8. The summed E-state index contributed by atoms with van der Waals surface area (Å²) in [4.78, 5) is 24.7. The summed E-state index contributed by atoms with van der Waals surface area (Å²) in [6, 6.07) is 0. The van der Waals surface area contributed by atoms with Crippen LogP contribution in [0.1, 0.15) is 354 Å². The molecule has 71 heavy (non-hydrogen) atoms.